The Labute approximate surface area is 141 Å². The molecule has 132 valence electrons. The summed E-state index contributed by atoms with van der Waals surface area (Å²) in [4.78, 5) is 13.7. The van der Waals surface area contributed by atoms with Crippen molar-refractivity contribution in [1.82, 2.24) is 4.90 Å². The molecule has 8 heteroatoms. The highest BCUT2D eigenvalue weighted by Gasteiger charge is 2.25. The number of nitrogens with one attached hydrogen (secondary N) is 1. The Morgan fingerprint density at radius 1 is 1.25 bits per heavy atom. The Morgan fingerprint density at radius 3 is 2.58 bits per heavy atom. The third-order valence-corrected chi connectivity index (χ3v) is 5.81. The highest BCUT2D eigenvalue weighted by atomic mass is 32.2. The molecule has 0 spiro atoms. The van der Waals surface area contributed by atoms with Crippen LogP contribution in [-0.2, 0) is 14.6 Å². The molecule has 2 heterocycles. The molecule has 0 unspecified atom stereocenters. The third kappa shape index (κ3) is 4.61. The lowest BCUT2D eigenvalue weighted by atomic mass is 10.2. The highest BCUT2D eigenvalue weighted by Crippen LogP contribution is 2.19. The van der Waals surface area contributed by atoms with E-state index >= 15 is 0 Å². The van der Waals surface area contributed by atoms with Crippen LogP contribution in [0.25, 0.3) is 0 Å². The van der Waals surface area contributed by atoms with Gasteiger partial charge in [0.15, 0.2) is 9.84 Å². The van der Waals surface area contributed by atoms with Gasteiger partial charge < -0.3 is 19.7 Å². The van der Waals surface area contributed by atoms with Gasteiger partial charge in [-0.2, -0.15) is 0 Å². The quantitative estimate of drug-likeness (QED) is 0.886. The first-order chi connectivity index (χ1) is 11.5. The van der Waals surface area contributed by atoms with Crippen molar-refractivity contribution in [2.45, 2.75) is 18.9 Å². The van der Waals surface area contributed by atoms with E-state index in [0.29, 0.717) is 12.3 Å². The van der Waals surface area contributed by atoms with Crippen LogP contribution in [0.4, 0.5) is 10.5 Å². The minimum absolute atomic E-state index is 0.0242. The summed E-state index contributed by atoms with van der Waals surface area (Å²) in [5.41, 5.74) is 0.651. The molecule has 1 aromatic rings. The number of rotatable bonds is 4. The zero-order chi connectivity index (χ0) is 17.0. The largest absolute Gasteiger partial charge is 0.491 e. The van der Waals surface area contributed by atoms with Crippen molar-refractivity contribution in [3.05, 3.63) is 24.3 Å². The van der Waals surface area contributed by atoms with E-state index in [1.165, 1.54) is 4.90 Å². The van der Waals surface area contributed by atoms with Crippen LogP contribution in [0.15, 0.2) is 24.3 Å². The van der Waals surface area contributed by atoms with Crippen molar-refractivity contribution in [1.29, 1.82) is 0 Å². The second-order valence-corrected chi connectivity index (χ2v) is 8.34. The number of benzene rings is 1. The second-order valence-electron chi connectivity index (χ2n) is 6.04. The van der Waals surface area contributed by atoms with Crippen LogP contribution in [0, 0.1) is 0 Å². The minimum Gasteiger partial charge on any atom is -0.491 e. The van der Waals surface area contributed by atoms with E-state index in [0.717, 1.165) is 25.2 Å². The maximum Gasteiger partial charge on any atom is 0.321 e. The summed E-state index contributed by atoms with van der Waals surface area (Å²) in [5.74, 6) is 0.778. The van der Waals surface area contributed by atoms with Gasteiger partial charge in [0.05, 0.1) is 17.6 Å². The van der Waals surface area contributed by atoms with E-state index < -0.39 is 9.84 Å². The monoisotopic (exact) mass is 354 g/mol. The Balaban J connectivity index is 1.47. The van der Waals surface area contributed by atoms with Gasteiger partial charge >= 0.3 is 6.03 Å². The molecule has 2 amide bonds. The molecule has 0 aromatic heterocycles. The number of sulfone groups is 1. The molecule has 0 radical (unpaired) electrons. The lowest BCUT2D eigenvalue weighted by molar-refractivity contribution is 0.0679. The van der Waals surface area contributed by atoms with Crippen LogP contribution >= 0.6 is 0 Å². The first kappa shape index (κ1) is 17.0. The molecule has 2 saturated heterocycles. The van der Waals surface area contributed by atoms with Gasteiger partial charge in [-0.15, -0.1) is 0 Å². The SMILES string of the molecule is O=C(Nc1ccc(OC[C@H]2CCCO2)cc1)N1CCS(=O)(=O)CC1. The molecule has 1 N–H and O–H groups in total. The lowest BCUT2D eigenvalue weighted by Crippen LogP contribution is -2.45. The summed E-state index contributed by atoms with van der Waals surface area (Å²) >= 11 is 0. The van der Waals surface area contributed by atoms with Crippen molar-refractivity contribution in [3.8, 4) is 5.75 Å². The van der Waals surface area contributed by atoms with E-state index in [-0.39, 0.29) is 36.7 Å². The summed E-state index contributed by atoms with van der Waals surface area (Å²) in [6.45, 7) is 1.80. The second kappa shape index (κ2) is 7.40. The van der Waals surface area contributed by atoms with Crippen molar-refractivity contribution < 1.29 is 22.7 Å². The topological polar surface area (TPSA) is 84.9 Å². The molecule has 0 saturated carbocycles. The van der Waals surface area contributed by atoms with Crippen LogP contribution in [-0.4, -0.2) is 63.3 Å². The van der Waals surface area contributed by atoms with Crippen molar-refractivity contribution in [2.24, 2.45) is 0 Å². The Morgan fingerprint density at radius 2 is 1.96 bits per heavy atom. The van der Waals surface area contributed by atoms with Gasteiger partial charge in [0.25, 0.3) is 0 Å². The molecule has 2 fully saturated rings. The number of hydrogen-bond acceptors (Lipinski definition) is 5. The fraction of sp³-hybridized carbons (Fsp3) is 0.562. The van der Waals surface area contributed by atoms with Gasteiger partial charge in [-0.25, -0.2) is 13.2 Å². The molecule has 3 rings (SSSR count). The molecule has 2 aliphatic heterocycles. The van der Waals surface area contributed by atoms with E-state index in [4.69, 9.17) is 9.47 Å². The zero-order valence-electron chi connectivity index (χ0n) is 13.4. The summed E-state index contributed by atoms with van der Waals surface area (Å²) in [5, 5.41) is 2.78. The van der Waals surface area contributed by atoms with Crippen LogP contribution in [0.2, 0.25) is 0 Å². The summed E-state index contributed by atoms with van der Waals surface area (Å²) in [6.07, 6.45) is 2.27. The van der Waals surface area contributed by atoms with E-state index in [1.807, 2.05) is 0 Å². The summed E-state index contributed by atoms with van der Waals surface area (Å²) < 4.78 is 34.0. The number of anilines is 1. The number of ether oxygens (including phenoxy) is 2. The number of urea groups is 1. The van der Waals surface area contributed by atoms with Gasteiger partial charge in [-0.3, -0.25) is 0 Å². The van der Waals surface area contributed by atoms with E-state index in [1.54, 1.807) is 24.3 Å². The summed E-state index contributed by atoms with van der Waals surface area (Å²) in [6, 6.07) is 6.85. The Bertz CT molecular complexity index is 654. The van der Waals surface area contributed by atoms with E-state index in [2.05, 4.69) is 5.32 Å². The first-order valence-electron chi connectivity index (χ1n) is 8.13. The normalized spacial score (nSPS) is 23.0. The smallest absolute Gasteiger partial charge is 0.321 e. The number of nitrogens with zero attached hydrogens (tertiary/aromatic N) is 1. The van der Waals surface area contributed by atoms with Gasteiger partial charge in [-0.1, -0.05) is 0 Å². The zero-order valence-corrected chi connectivity index (χ0v) is 14.3. The van der Waals surface area contributed by atoms with Crippen molar-refractivity contribution in [3.63, 3.8) is 0 Å². The third-order valence-electron chi connectivity index (χ3n) is 4.20. The van der Waals surface area contributed by atoms with E-state index in [9.17, 15) is 13.2 Å². The highest BCUT2D eigenvalue weighted by molar-refractivity contribution is 7.91. The number of carbonyl (C=O) groups is 1. The number of amides is 2. The van der Waals surface area contributed by atoms with Gasteiger partial charge in [0.1, 0.15) is 12.4 Å². The van der Waals surface area contributed by atoms with Crippen molar-refractivity contribution >= 4 is 21.6 Å². The first-order valence-corrected chi connectivity index (χ1v) is 9.95. The maximum absolute atomic E-state index is 12.1. The molecule has 0 aliphatic carbocycles. The summed E-state index contributed by atoms with van der Waals surface area (Å²) in [7, 11) is -2.99. The fourth-order valence-electron chi connectivity index (χ4n) is 2.72. The van der Waals surface area contributed by atoms with Gasteiger partial charge in [0, 0.05) is 25.4 Å². The van der Waals surface area contributed by atoms with Gasteiger partial charge in [0.2, 0.25) is 0 Å². The average molecular weight is 354 g/mol. The number of carbonyl (C=O) groups excluding carboxylic acids is 1. The molecule has 7 nitrogen and oxygen atoms in total. The number of hydrogen-bond donors (Lipinski definition) is 1. The molecule has 0 bridgehead atoms. The predicted molar refractivity (Wildman–Crippen MR) is 90.2 cm³/mol. The average Bonchev–Trinajstić information content (AvgIpc) is 3.07. The standard InChI is InChI=1S/C16H22N2O5S/c19-16(18-7-10-24(20,21)11-8-18)17-13-3-5-14(6-4-13)23-12-15-2-1-9-22-15/h3-6,15H,1-2,7-12H2,(H,17,19)/t15-/m1/s1. The Hall–Kier alpha value is -1.80. The van der Waals surface area contributed by atoms with Gasteiger partial charge in [-0.05, 0) is 37.1 Å². The van der Waals surface area contributed by atoms with Crippen LogP contribution in [0.5, 0.6) is 5.75 Å². The minimum atomic E-state index is -2.99. The molecule has 1 atom stereocenters. The van der Waals surface area contributed by atoms with Crippen LogP contribution in [0.3, 0.4) is 0 Å². The lowest BCUT2D eigenvalue weighted by Gasteiger charge is -2.26. The van der Waals surface area contributed by atoms with Crippen molar-refractivity contribution in [2.75, 3.05) is 43.1 Å². The molecule has 24 heavy (non-hydrogen) atoms. The maximum atomic E-state index is 12.1. The molecule has 2 aliphatic rings. The molecule has 1 aromatic carbocycles. The van der Waals surface area contributed by atoms with Crippen LogP contribution < -0.4 is 10.1 Å². The van der Waals surface area contributed by atoms with Crippen LogP contribution in [0.1, 0.15) is 12.8 Å². The molecular weight excluding hydrogens is 332 g/mol. The Kier molecular flexibility index (Phi) is 5.25. The molecular formula is C16H22N2O5S. The fourth-order valence-corrected chi connectivity index (χ4v) is 3.92. The predicted octanol–water partition coefficient (Wildman–Crippen LogP) is 1.51.